The standard InChI is InChI=1S/C11H9N3O3/c1-2-16-9-5-3-4-7-6-8(13-14-12)11(15)17-10(7)9/h3-6H,2H2,1H3. The summed E-state index contributed by atoms with van der Waals surface area (Å²) in [5, 5.41) is 3.92. The van der Waals surface area contributed by atoms with Gasteiger partial charge >= 0.3 is 5.63 Å². The lowest BCUT2D eigenvalue weighted by Crippen LogP contribution is -1.99. The molecule has 6 nitrogen and oxygen atoms in total. The van der Waals surface area contributed by atoms with Gasteiger partial charge < -0.3 is 9.15 Å². The van der Waals surface area contributed by atoms with Crippen molar-refractivity contribution in [1.82, 2.24) is 0 Å². The fraction of sp³-hybridized carbons (Fsp3) is 0.182. The molecule has 1 heterocycles. The Kier molecular flexibility index (Phi) is 2.98. The fourth-order valence-corrected chi connectivity index (χ4v) is 1.49. The Morgan fingerprint density at radius 3 is 3.06 bits per heavy atom. The molecule has 2 aromatic rings. The van der Waals surface area contributed by atoms with E-state index in [0.29, 0.717) is 23.3 Å². The molecule has 17 heavy (non-hydrogen) atoms. The molecular weight excluding hydrogens is 222 g/mol. The maximum Gasteiger partial charge on any atom is 0.346 e. The van der Waals surface area contributed by atoms with E-state index in [9.17, 15) is 4.79 Å². The number of fused-ring (bicyclic) bond motifs is 1. The van der Waals surface area contributed by atoms with Gasteiger partial charge in [-0.05, 0) is 24.6 Å². The van der Waals surface area contributed by atoms with Crippen LogP contribution >= 0.6 is 0 Å². The lowest BCUT2D eigenvalue weighted by molar-refractivity contribution is 0.337. The molecule has 0 amide bonds. The Morgan fingerprint density at radius 2 is 2.35 bits per heavy atom. The van der Waals surface area contributed by atoms with Crippen LogP contribution < -0.4 is 10.4 Å². The molecule has 0 saturated heterocycles. The lowest BCUT2D eigenvalue weighted by atomic mass is 10.2. The minimum Gasteiger partial charge on any atom is -0.490 e. The minimum atomic E-state index is -0.678. The van der Waals surface area contributed by atoms with E-state index in [1.54, 1.807) is 18.2 Å². The van der Waals surface area contributed by atoms with Gasteiger partial charge in [-0.2, -0.15) is 0 Å². The molecule has 0 fully saturated rings. The third-order valence-corrected chi connectivity index (χ3v) is 2.16. The van der Waals surface area contributed by atoms with E-state index in [-0.39, 0.29) is 5.69 Å². The summed E-state index contributed by atoms with van der Waals surface area (Å²) in [4.78, 5) is 14.1. The van der Waals surface area contributed by atoms with Crippen LogP contribution in [0.2, 0.25) is 0 Å². The molecule has 0 aliphatic rings. The van der Waals surface area contributed by atoms with Crippen LogP contribution in [0, 0.1) is 0 Å². The molecule has 6 heteroatoms. The number of azide groups is 1. The van der Waals surface area contributed by atoms with Crippen molar-refractivity contribution in [3.63, 3.8) is 0 Å². The summed E-state index contributed by atoms with van der Waals surface area (Å²) in [6, 6.07) is 6.70. The number of para-hydroxylation sites is 1. The van der Waals surface area contributed by atoms with E-state index in [2.05, 4.69) is 10.0 Å². The maximum absolute atomic E-state index is 11.5. The maximum atomic E-state index is 11.5. The zero-order chi connectivity index (χ0) is 12.3. The van der Waals surface area contributed by atoms with Crippen LogP contribution in [0.5, 0.6) is 5.75 Å². The Bertz CT molecular complexity index is 657. The highest BCUT2D eigenvalue weighted by molar-refractivity contribution is 5.84. The van der Waals surface area contributed by atoms with Crippen molar-refractivity contribution in [2.24, 2.45) is 5.11 Å². The third kappa shape index (κ3) is 2.07. The molecule has 0 aliphatic carbocycles. The molecule has 0 unspecified atom stereocenters. The molecule has 0 spiro atoms. The predicted octanol–water partition coefficient (Wildman–Crippen LogP) is 3.13. The number of hydrogen-bond donors (Lipinski definition) is 0. The van der Waals surface area contributed by atoms with E-state index in [1.807, 2.05) is 6.92 Å². The molecule has 1 aromatic carbocycles. The van der Waals surface area contributed by atoms with Gasteiger partial charge in [-0.1, -0.05) is 17.2 Å². The summed E-state index contributed by atoms with van der Waals surface area (Å²) >= 11 is 0. The topological polar surface area (TPSA) is 88.2 Å². The SMILES string of the molecule is CCOc1cccc2cc(N=[N+]=[N-])c(=O)oc12. The minimum absolute atomic E-state index is 0.0614. The van der Waals surface area contributed by atoms with Crippen molar-refractivity contribution in [2.75, 3.05) is 6.61 Å². The van der Waals surface area contributed by atoms with Crippen molar-refractivity contribution >= 4 is 16.7 Å². The summed E-state index contributed by atoms with van der Waals surface area (Å²) in [6.07, 6.45) is 0. The van der Waals surface area contributed by atoms with Crippen LogP contribution in [-0.2, 0) is 0 Å². The number of hydrogen-bond acceptors (Lipinski definition) is 4. The first kappa shape index (κ1) is 11.0. The van der Waals surface area contributed by atoms with E-state index in [1.165, 1.54) is 6.07 Å². The first-order chi connectivity index (χ1) is 8.26. The van der Waals surface area contributed by atoms with Gasteiger partial charge in [0.2, 0.25) is 0 Å². The number of rotatable bonds is 3. The van der Waals surface area contributed by atoms with E-state index in [4.69, 9.17) is 14.7 Å². The largest absolute Gasteiger partial charge is 0.490 e. The number of benzene rings is 1. The summed E-state index contributed by atoms with van der Waals surface area (Å²) in [5.41, 5.74) is 7.93. The monoisotopic (exact) mass is 231 g/mol. The van der Waals surface area contributed by atoms with E-state index >= 15 is 0 Å². The van der Waals surface area contributed by atoms with Crippen molar-refractivity contribution < 1.29 is 9.15 Å². The highest BCUT2D eigenvalue weighted by atomic mass is 16.5. The summed E-state index contributed by atoms with van der Waals surface area (Å²) in [7, 11) is 0. The van der Waals surface area contributed by atoms with Gasteiger partial charge in [-0.3, -0.25) is 0 Å². The second-order valence-corrected chi connectivity index (χ2v) is 3.22. The van der Waals surface area contributed by atoms with Crippen LogP contribution in [0.15, 0.2) is 38.6 Å². The molecule has 0 atom stereocenters. The van der Waals surface area contributed by atoms with Crippen LogP contribution in [0.1, 0.15) is 6.92 Å². The Hall–Kier alpha value is -2.46. The van der Waals surface area contributed by atoms with Gasteiger partial charge in [0, 0.05) is 10.3 Å². The van der Waals surface area contributed by atoms with Gasteiger partial charge in [-0.25, -0.2) is 4.79 Å². The molecule has 0 N–H and O–H groups in total. The average Bonchev–Trinajstić information content (AvgIpc) is 2.32. The van der Waals surface area contributed by atoms with Crippen molar-refractivity contribution in [1.29, 1.82) is 0 Å². The first-order valence-corrected chi connectivity index (χ1v) is 5.01. The highest BCUT2D eigenvalue weighted by Crippen LogP contribution is 2.26. The third-order valence-electron chi connectivity index (χ3n) is 2.16. The molecule has 0 radical (unpaired) electrons. The molecule has 0 bridgehead atoms. The van der Waals surface area contributed by atoms with E-state index in [0.717, 1.165) is 0 Å². The second-order valence-electron chi connectivity index (χ2n) is 3.22. The zero-order valence-electron chi connectivity index (χ0n) is 9.08. The first-order valence-electron chi connectivity index (χ1n) is 5.01. The predicted molar refractivity (Wildman–Crippen MR) is 62.5 cm³/mol. The van der Waals surface area contributed by atoms with Crippen molar-refractivity contribution in [3.05, 3.63) is 45.1 Å². The zero-order valence-corrected chi connectivity index (χ0v) is 9.08. The Balaban J connectivity index is 2.73. The fourth-order valence-electron chi connectivity index (χ4n) is 1.49. The van der Waals surface area contributed by atoms with Crippen molar-refractivity contribution in [3.8, 4) is 5.75 Å². The van der Waals surface area contributed by atoms with Crippen LogP contribution in [0.4, 0.5) is 5.69 Å². The van der Waals surface area contributed by atoms with Crippen molar-refractivity contribution in [2.45, 2.75) is 6.92 Å². The number of nitrogens with zero attached hydrogens (tertiary/aromatic N) is 3. The van der Waals surface area contributed by atoms with Gasteiger partial charge in [0.05, 0.1) is 6.61 Å². The molecule has 0 saturated carbocycles. The lowest BCUT2D eigenvalue weighted by Gasteiger charge is -2.05. The van der Waals surface area contributed by atoms with Crippen LogP contribution in [-0.4, -0.2) is 6.61 Å². The Morgan fingerprint density at radius 1 is 1.53 bits per heavy atom. The number of ether oxygens (including phenoxy) is 1. The Labute approximate surface area is 96.1 Å². The van der Waals surface area contributed by atoms with Gasteiger partial charge in [-0.15, -0.1) is 0 Å². The van der Waals surface area contributed by atoms with Gasteiger partial charge in [0.15, 0.2) is 11.3 Å². The van der Waals surface area contributed by atoms with Gasteiger partial charge in [0.1, 0.15) is 5.69 Å². The molecular formula is C11H9N3O3. The van der Waals surface area contributed by atoms with Crippen LogP contribution in [0.3, 0.4) is 0 Å². The molecule has 86 valence electrons. The molecule has 1 aromatic heterocycles. The quantitative estimate of drug-likeness (QED) is 0.351. The summed E-state index contributed by atoms with van der Waals surface area (Å²) in [6.45, 7) is 2.31. The normalized spacial score (nSPS) is 9.94. The van der Waals surface area contributed by atoms with E-state index < -0.39 is 5.63 Å². The molecule has 2 rings (SSSR count). The van der Waals surface area contributed by atoms with Crippen LogP contribution in [0.25, 0.3) is 21.4 Å². The smallest absolute Gasteiger partial charge is 0.346 e. The van der Waals surface area contributed by atoms with Gasteiger partial charge in [0.25, 0.3) is 0 Å². The highest BCUT2D eigenvalue weighted by Gasteiger charge is 2.08. The second kappa shape index (κ2) is 4.59. The summed E-state index contributed by atoms with van der Waals surface area (Å²) in [5.74, 6) is 0.495. The molecule has 0 aliphatic heterocycles. The average molecular weight is 231 g/mol. The summed E-state index contributed by atoms with van der Waals surface area (Å²) < 4.78 is 10.4.